The SMILES string of the molecule is Cc1ccc(Cn2cnc3sc4c(c3c2=O)CCC(NCC(C)(C)CO)C4)cc1. The van der Waals surface area contributed by atoms with Crippen molar-refractivity contribution in [3.63, 3.8) is 0 Å². The molecule has 0 fully saturated rings. The molecule has 0 bridgehead atoms. The molecule has 0 radical (unpaired) electrons. The summed E-state index contributed by atoms with van der Waals surface area (Å²) in [5.74, 6) is 0. The Morgan fingerprint density at radius 3 is 2.79 bits per heavy atom. The number of hydrogen-bond donors (Lipinski definition) is 2. The maximum absolute atomic E-state index is 13.2. The molecular weight excluding hydrogens is 382 g/mol. The molecule has 1 aliphatic carbocycles. The van der Waals surface area contributed by atoms with Gasteiger partial charge in [0.25, 0.3) is 5.56 Å². The van der Waals surface area contributed by atoms with Crippen molar-refractivity contribution in [1.29, 1.82) is 0 Å². The first-order chi connectivity index (χ1) is 13.9. The third-order valence-electron chi connectivity index (χ3n) is 5.81. The van der Waals surface area contributed by atoms with Crippen LogP contribution in [0.5, 0.6) is 0 Å². The van der Waals surface area contributed by atoms with E-state index in [1.807, 2.05) is 0 Å². The molecule has 0 saturated heterocycles. The fourth-order valence-electron chi connectivity index (χ4n) is 3.85. The van der Waals surface area contributed by atoms with Crippen LogP contribution in [0.4, 0.5) is 0 Å². The van der Waals surface area contributed by atoms with E-state index in [0.29, 0.717) is 12.6 Å². The van der Waals surface area contributed by atoms with Crippen LogP contribution < -0.4 is 10.9 Å². The molecule has 1 aliphatic rings. The number of rotatable bonds is 6. The van der Waals surface area contributed by atoms with Crippen molar-refractivity contribution in [3.8, 4) is 0 Å². The Kier molecular flexibility index (Phi) is 5.60. The maximum Gasteiger partial charge on any atom is 0.262 e. The van der Waals surface area contributed by atoms with E-state index >= 15 is 0 Å². The molecule has 1 unspecified atom stereocenters. The summed E-state index contributed by atoms with van der Waals surface area (Å²) in [6.07, 6.45) is 4.52. The summed E-state index contributed by atoms with van der Waals surface area (Å²) in [5, 5.41) is 13.9. The number of thiophene rings is 1. The number of benzene rings is 1. The van der Waals surface area contributed by atoms with Crippen molar-refractivity contribution >= 4 is 21.6 Å². The van der Waals surface area contributed by atoms with Crippen LogP contribution in [0, 0.1) is 12.3 Å². The number of fused-ring (bicyclic) bond motifs is 3. The molecule has 0 aliphatic heterocycles. The molecule has 29 heavy (non-hydrogen) atoms. The highest BCUT2D eigenvalue weighted by molar-refractivity contribution is 7.18. The second-order valence-electron chi connectivity index (χ2n) is 8.99. The topological polar surface area (TPSA) is 67.2 Å². The zero-order valence-corrected chi connectivity index (χ0v) is 18.2. The predicted octanol–water partition coefficient (Wildman–Crippen LogP) is 3.28. The van der Waals surface area contributed by atoms with Crippen LogP contribution >= 0.6 is 11.3 Å². The second-order valence-corrected chi connectivity index (χ2v) is 10.1. The Hall–Kier alpha value is -2.02. The average Bonchev–Trinajstić information content (AvgIpc) is 3.08. The predicted molar refractivity (Wildman–Crippen MR) is 119 cm³/mol. The Bertz CT molecular complexity index is 1070. The largest absolute Gasteiger partial charge is 0.396 e. The molecule has 1 aromatic carbocycles. The van der Waals surface area contributed by atoms with Crippen molar-refractivity contribution < 1.29 is 5.11 Å². The fraction of sp³-hybridized carbons (Fsp3) is 0.478. The van der Waals surface area contributed by atoms with Gasteiger partial charge in [0.15, 0.2) is 0 Å². The van der Waals surface area contributed by atoms with Crippen molar-refractivity contribution in [3.05, 3.63) is 62.5 Å². The van der Waals surface area contributed by atoms with Crippen LogP contribution in [0.3, 0.4) is 0 Å². The van der Waals surface area contributed by atoms with Crippen molar-refractivity contribution in [2.75, 3.05) is 13.2 Å². The molecule has 2 heterocycles. The Labute approximate surface area is 175 Å². The molecule has 3 aromatic rings. The summed E-state index contributed by atoms with van der Waals surface area (Å²) in [7, 11) is 0. The summed E-state index contributed by atoms with van der Waals surface area (Å²) in [4.78, 5) is 19.9. The maximum atomic E-state index is 13.2. The van der Waals surface area contributed by atoms with E-state index in [1.54, 1.807) is 22.2 Å². The molecule has 2 N–H and O–H groups in total. The highest BCUT2D eigenvalue weighted by Crippen LogP contribution is 2.34. The van der Waals surface area contributed by atoms with Crippen LogP contribution in [0.2, 0.25) is 0 Å². The third-order valence-corrected chi connectivity index (χ3v) is 6.97. The van der Waals surface area contributed by atoms with Gasteiger partial charge in [0.2, 0.25) is 0 Å². The summed E-state index contributed by atoms with van der Waals surface area (Å²) in [6.45, 7) is 7.70. The number of nitrogens with one attached hydrogen (secondary N) is 1. The molecule has 5 nitrogen and oxygen atoms in total. The quantitative estimate of drug-likeness (QED) is 0.653. The van der Waals surface area contributed by atoms with E-state index in [2.05, 4.69) is 55.3 Å². The van der Waals surface area contributed by atoms with Gasteiger partial charge in [-0.3, -0.25) is 9.36 Å². The van der Waals surface area contributed by atoms with Crippen LogP contribution in [0.15, 0.2) is 35.4 Å². The van der Waals surface area contributed by atoms with E-state index in [4.69, 9.17) is 0 Å². The van der Waals surface area contributed by atoms with E-state index in [1.165, 1.54) is 16.0 Å². The normalized spacial score (nSPS) is 16.9. The minimum absolute atomic E-state index is 0.0703. The highest BCUT2D eigenvalue weighted by atomic mass is 32.1. The summed E-state index contributed by atoms with van der Waals surface area (Å²) < 4.78 is 1.73. The van der Waals surface area contributed by atoms with E-state index in [0.717, 1.165) is 41.6 Å². The number of aliphatic hydroxyl groups is 1. The van der Waals surface area contributed by atoms with Gasteiger partial charge in [0, 0.05) is 29.5 Å². The Morgan fingerprint density at radius 2 is 2.07 bits per heavy atom. The second kappa shape index (κ2) is 8.01. The van der Waals surface area contributed by atoms with Crippen molar-refractivity contribution in [2.45, 2.75) is 52.6 Å². The Balaban J connectivity index is 1.57. The van der Waals surface area contributed by atoms with Gasteiger partial charge in [-0.1, -0.05) is 43.7 Å². The fourth-order valence-corrected chi connectivity index (χ4v) is 5.11. The minimum atomic E-state index is -0.119. The lowest BCUT2D eigenvalue weighted by Crippen LogP contribution is -2.41. The van der Waals surface area contributed by atoms with Crippen LogP contribution in [-0.4, -0.2) is 33.9 Å². The summed E-state index contributed by atoms with van der Waals surface area (Å²) in [5.41, 5.74) is 3.47. The van der Waals surface area contributed by atoms with Crippen LogP contribution in [0.1, 0.15) is 41.8 Å². The van der Waals surface area contributed by atoms with Gasteiger partial charge in [0.05, 0.1) is 18.3 Å². The first-order valence-electron chi connectivity index (χ1n) is 10.3. The van der Waals surface area contributed by atoms with Gasteiger partial charge in [-0.2, -0.15) is 0 Å². The first-order valence-corrected chi connectivity index (χ1v) is 11.1. The monoisotopic (exact) mass is 411 g/mol. The van der Waals surface area contributed by atoms with Gasteiger partial charge in [0.1, 0.15) is 4.83 Å². The lowest BCUT2D eigenvalue weighted by atomic mass is 9.90. The lowest BCUT2D eigenvalue weighted by Gasteiger charge is -2.28. The standard InChI is InChI=1S/C23H29N3O2S/c1-15-4-6-16(7-5-15)11-26-14-25-21-20(22(26)28)18-9-8-17(10-19(18)29-21)24-12-23(2,3)13-27/h4-7,14,17,24,27H,8-13H2,1-3H3. The average molecular weight is 412 g/mol. The smallest absolute Gasteiger partial charge is 0.262 e. The van der Waals surface area contributed by atoms with Crippen molar-refractivity contribution in [1.82, 2.24) is 14.9 Å². The minimum Gasteiger partial charge on any atom is -0.396 e. The number of aliphatic hydroxyl groups excluding tert-OH is 1. The summed E-state index contributed by atoms with van der Waals surface area (Å²) >= 11 is 1.66. The van der Waals surface area contributed by atoms with Crippen molar-refractivity contribution in [2.24, 2.45) is 5.41 Å². The molecule has 1 atom stereocenters. The van der Waals surface area contributed by atoms with E-state index < -0.39 is 0 Å². The van der Waals surface area contributed by atoms with Gasteiger partial charge in [-0.05, 0) is 37.3 Å². The number of aromatic nitrogens is 2. The zero-order valence-electron chi connectivity index (χ0n) is 17.4. The molecule has 154 valence electrons. The number of nitrogens with zero attached hydrogens (tertiary/aromatic N) is 2. The molecule has 2 aromatic heterocycles. The number of hydrogen-bond acceptors (Lipinski definition) is 5. The van der Waals surface area contributed by atoms with Gasteiger partial charge in [-0.15, -0.1) is 11.3 Å². The summed E-state index contributed by atoms with van der Waals surface area (Å²) in [6, 6.07) is 8.67. The van der Waals surface area contributed by atoms with E-state index in [-0.39, 0.29) is 17.6 Å². The molecule has 0 amide bonds. The molecule has 0 spiro atoms. The molecular formula is C23H29N3O2S. The lowest BCUT2D eigenvalue weighted by molar-refractivity contribution is 0.152. The first kappa shape index (κ1) is 20.3. The van der Waals surface area contributed by atoms with Gasteiger partial charge >= 0.3 is 0 Å². The van der Waals surface area contributed by atoms with Crippen LogP contribution in [0.25, 0.3) is 10.2 Å². The van der Waals surface area contributed by atoms with Crippen LogP contribution in [-0.2, 0) is 19.4 Å². The van der Waals surface area contributed by atoms with Gasteiger partial charge in [-0.25, -0.2) is 4.98 Å². The zero-order chi connectivity index (χ0) is 20.6. The molecule has 4 rings (SSSR count). The molecule has 0 saturated carbocycles. The third kappa shape index (κ3) is 4.29. The van der Waals surface area contributed by atoms with E-state index in [9.17, 15) is 9.90 Å². The number of aryl methyl sites for hydroxylation is 2. The van der Waals surface area contributed by atoms with Gasteiger partial charge < -0.3 is 10.4 Å². The Morgan fingerprint density at radius 1 is 1.31 bits per heavy atom. The highest BCUT2D eigenvalue weighted by Gasteiger charge is 2.26. The molecule has 6 heteroatoms.